The first kappa shape index (κ1) is 24.0. The van der Waals surface area contributed by atoms with E-state index in [4.69, 9.17) is 0 Å². The van der Waals surface area contributed by atoms with Gasteiger partial charge in [-0.2, -0.15) is 0 Å². The van der Waals surface area contributed by atoms with Crippen molar-refractivity contribution in [1.82, 2.24) is 0 Å². The van der Waals surface area contributed by atoms with Gasteiger partial charge in [-0.3, -0.25) is 19.2 Å². The summed E-state index contributed by atoms with van der Waals surface area (Å²) in [5, 5.41) is 40.4. The van der Waals surface area contributed by atoms with Gasteiger partial charge < -0.3 is 20.4 Å². The van der Waals surface area contributed by atoms with E-state index >= 15 is 0 Å². The van der Waals surface area contributed by atoms with Crippen LogP contribution in [0.15, 0.2) is 0 Å². The zero-order chi connectivity index (χ0) is 22.9. The van der Waals surface area contributed by atoms with Gasteiger partial charge in [0.15, 0.2) is 17.3 Å². The molecule has 0 aromatic heterocycles. The quantitative estimate of drug-likeness (QED) is 0.451. The Labute approximate surface area is 182 Å². The number of ketones is 3. The van der Waals surface area contributed by atoms with Crippen molar-refractivity contribution < 1.29 is 39.6 Å². The molecule has 8 nitrogen and oxygen atoms in total. The van der Waals surface area contributed by atoms with Gasteiger partial charge in [0.25, 0.3) is 0 Å². The second-order valence-electron chi connectivity index (χ2n) is 9.57. The molecular weight excluding hydrogens is 404 g/mol. The van der Waals surface area contributed by atoms with Crippen molar-refractivity contribution in [2.24, 2.45) is 35.5 Å². The standard InChI is InChI=1S/C23H34O8/c1-2-3-9-12-17(24)15(11-7-5-4-6-8-11)21(28)16(18(12)25)13-10-14(23(30)31)20(27)22(29)19(13)26/h11-16,19-20,22,26-27,29H,2-10H2,1H3,(H,30,31)/t12?,13?,14-,15?,16+,19-,20+,22+/m0/s1. The van der Waals surface area contributed by atoms with Crippen LogP contribution in [0.3, 0.4) is 0 Å². The minimum Gasteiger partial charge on any atom is -0.481 e. The largest absolute Gasteiger partial charge is 0.481 e. The minimum atomic E-state index is -1.78. The Hall–Kier alpha value is -1.64. The molecule has 0 spiro atoms. The predicted octanol–water partition coefficient (Wildman–Crippen LogP) is 1.13. The molecular formula is C23H34O8. The van der Waals surface area contributed by atoms with Crippen LogP contribution in [0.1, 0.15) is 64.7 Å². The van der Waals surface area contributed by atoms with E-state index in [0.717, 1.165) is 38.5 Å². The summed E-state index contributed by atoms with van der Waals surface area (Å²) in [7, 11) is 0. The highest BCUT2D eigenvalue weighted by atomic mass is 16.4. The molecule has 3 aliphatic rings. The molecule has 8 atom stereocenters. The van der Waals surface area contributed by atoms with E-state index in [2.05, 4.69) is 0 Å². The smallest absolute Gasteiger partial charge is 0.309 e. The maximum atomic E-state index is 13.5. The second kappa shape index (κ2) is 9.88. The van der Waals surface area contributed by atoms with Crippen LogP contribution in [0, 0.1) is 35.5 Å². The Morgan fingerprint density at radius 1 is 0.871 bits per heavy atom. The van der Waals surface area contributed by atoms with E-state index in [1.54, 1.807) is 0 Å². The third-order valence-electron chi connectivity index (χ3n) is 7.70. The molecule has 0 aliphatic heterocycles. The lowest BCUT2D eigenvalue weighted by molar-refractivity contribution is -0.180. The lowest BCUT2D eigenvalue weighted by atomic mass is 9.58. The van der Waals surface area contributed by atoms with Gasteiger partial charge in [-0.15, -0.1) is 0 Å². The number of carbonyl (C=O) groups excluding carboxylic acids is 3. The third kappa shape index (κ3) is 4.47. The van der Waals surface area contributed by atoms with Crippen molar-refractivity contribution in [3.05, 3.63) is 0 Å². The highest BCUT2D eigenvalue weighted by Gasteiger charge is 2.58. The van der Waals surface area contributed by atoms with Crippen molar-refractivity contribution in [3.63, 3.8) is 0 Å². The fourth-order valence-corrected chi connectivity index (χ4v) is 5.94. The van der Waals surface area contributed by atoms with E-state index in [1.807, 2.05) is 6.92 Å². The number of carboxylic acid groups (broad SMARTS) is 1. The summed E-state index contributed by atoms with van der Waals surface area (Å²) in [5.74, 6) is -8.64. The summed E-state index contributed by atoms with van der Waals surface area (Å²) >= 11 is 0. The summed E-state index contributed by atoms with van der Waals surface area (Å²) in [6.45, 7) is 1.94. The van der Waals surface area contributed by atoms with Crippen molar-refractivity contribution in [1.29, 1.82) is 0 Å². The summed E-state index contributed by atoms with van der Waals surface area (Å²) in [4.78, 5) is 51.7. The van der Waals surface area contributed by atoms with Gasteiger partial charge in [-0.05, 0) is 31.6 Å². The van der Waals surface area contributed by atoms with Crippen LogP contribution in [0.4, 0.5) is 0 Å². The molecule has 3 saturated carbocycles. The Bertz CT molecular complexity index is 712. The van der Waals surface area contributed by atoms with Crippen molar-refractivity contribution >= 4 is 23.3 Å². The maximum absolute atomic E-state index is 13.5. The highest BCUT2D eigenvalue weighted by Crippen LogP contribution is 2.44. The molecule has 3 fully saturated rings. The second-order valence-corrected chi connectivity index (χ2v) is 9.57. The average molecular weight is 439 g/mol. The van der Waals surface area contributed by atoms with E-state index in [9.17, 15) is 39.6 Å². The average Bonchev–Trinajstić information content (AvgIpc) is 2.74. The normalized spacial score (nSPS) is 40.2. The molecule has 31 heavy (non-hydrogen) atoms. The summed E-state index contributed by atoms with van der Waals surface area (Å²) in [6.07, 6.45) is 0.704. The molecule has 0 radical (unpaired) electrons. The minimum absolute atomic E-state index is 0.139. The van der Waals surface area contributed by atoms with Gasteiger partial charge in [0, 0.05) is 5.92 Å². The Morgan fingerprint density at radius 3 is 2.06 bits per heavy atom. The van der Waals surface area contributed by atoms with Crippen LogP contribution in [0.25, 0.3) is 0 Å². The van der Waals surface area contributed by atoms with E-state index in [0.29, 0.717) is 12.8 Å². The number of carbonyl (C=O) groups is 4. The fraction of sp³-hybridized carbons (Fsp3) is 0.826. The highest BCUT2D eigenvalue weighted by molar-refractivity contribution is 6.24. The van der Waals surface area contributed by atoms with Gasteiger partial charge in [-0.1, -0.05) is 39.0 Å². The van der Waals surface area contributed by atoms with Gasteiger partial charge in [0.2, 0.25) is 0 Å². The number of carboxylic acids is 1. The molecule has 0 aromatic carbocycles. The Morgan fingerprint density at radius 2 is 1.48 bits per heavy atom. The molecule has 8 heteroatoms. The van der Waals surface area contributed by atoms with Crippen LogP contribution in [-0.4, -0.2) is 62.1 Å². The van der Waals surface area contributed by atoms with Crippen LogP contribution < -0.4 is 0 Å². The number of aliphatic hydroxyl groups excluding tert-OH is 3. The third-order valence-corrected chi connectivity index (χ3v) is 7.70. The predicted molar refractivity (Wildman–Crippen MR) is 109 cm³/mol. The van der Waals surface area contributed by atoms with Gasteiger partial charge in [0.05, 0.1) is 35.9 Å². The monoisotopic (exact) mass is 438 g/mol. The number of aliphatic carboxylic acids is 1. The molecule has 0 aromatic rings. The van der Waals surface area contributed by atoms with Crippen molar-refractivity contribution in [3.8, 4) is 0 Å². The molecule has 3 unspecified atom stereocenters. The summed E-state index contributed by atoms with van der Waals surface area (Å²) in [5.41, 5.74) is 0. The number of aliphatic hydroxyl groups is 3. The van der Waals surface area contributed by atoms with Gasteiger partial charge in [0.1, 0.15) is 6.10 Å². The molecule has 174 valence electrons. The Balaban J connectivity index is 1.97. The number of Topliss-reactive ketones (excluding diaryl/α,β-unsaturated/α-hetero) is 3. The SMILES string of the molecule is CCCCC1C(=O)C(C2CCCCC2)C(=O)[C@H](C2C[C@H](C(=O)O)[C@@H](O)[C@H](O)[C@H]2O)C1=O. The van der Waals surface area contributed by atoms with Crippen molar-refractivity contribution in [2.75, 3.05) is 0 Å². The summed E-state index contributed by atoms with van der Waals surface area (Å²) < 4.78 is 0. The zero-order valence-electron chi connectivity index (χ0n) is 18.0. The maximum Gasteiger partial charge on any atom is 0.309 e. The lowest BCUT2D eigenvalue weighted by Gasteiger charge is -2.45. The fourth-order valence-electron chi connectivity index (χ4n) is 5.94. The molecule has 3 rings (SSSR count). The first-order valence-corrected chi connectivity index (χ1v) is 11.6. The van der Waals surface area contributed by atoms with E-state index < -0.39 is 65.4 Å². The molecule has 4 N–H and O–H groups in total. The van der Waals surface area contributed by atoms with Gasteiger partial charge >= 0.3 is 5.97 Å². The molecule has 0 saturated heterocycles. The topological polar surface area (TPSA) is 149 Å². The van der Waals surface area contributed by atoms with E-state index in [1.165, 1.54) is 0 Å². The Kier molecular flexibility index (Phi) is 7.65. The van der Waals surface area contributed by atoms with E-state index in [-0.39, 0.29) is 18.1 Å². The zero-order valence-corrected chi connectivity index (χ0v) is 18.0. The van der Waals surface area contributed by atoms with Crippen molar-refractivity contribution in [2.45, 2.75) is 83.0 Å². The first-order chi connectivity index (χ1) is 14.7. The number of hydrogen-bond acceptors (Lipinski definition) is 7. The first-order valence-electron chi connectivity index (χ1n) is 11.6. The molecule has 0 heterocycles. The van der Waals surface area contributed by atoms with Crippen LogP contribution in [0.5, 0.6) is 0 Å². The van der Waals surface area contributed by atoms with Gasteiger partial charge in [-0.25, -0.2) is 0 Å². The molecule has 3 aliphatic carbocycles. The summed E-state index contributed by atoms with van der Waals surface area (Å²) in [6, 6.07) is 0. The molecule has 0 bridgehead atoms. The van der Waals surface area contributed by atoms with Crippen LogP contribution >= 0.6 is 0 Å². The number of hydrogen-bond donors (Lipinski definition) is 4. The number of rotatable bonds is 6. The number of unbranched alkanes of at least 4 members (excludes halogenated alkanes) is 1. The van der Waals surface area contributed by atoms with Crippen LogP contribution in [-0.2, 0) is 19.2 Å². The van der Waals surface area contributed by atoms with Crippen LogP contribution in [0.2, 0.25) is 0 Å². The molecule has 0 amide bonds. The lowest BCUT2D eigenvalue weighted by Crippen LogP contribution is -2.60.